The number of sulfonamides is 1. The van der Waals surface area contributed by atoms with E-state index in [1.807, 2.05) is 26.0 Å². The van der Waals surface area contributed by atoms with Crippen molar-refractivity contribution in [3.8, 4) is 0 Å². The molecule has 0 fully saturated rings. The standard InChI is InChI=1S/C14H21BrN2O3S/c1-11(2)8-9-17(21(3,19)20)10-14(18)16-13-6-4-12(15)5-7-13/h4-7,11H,8-10H2,1-3H3,(H,16,18). The van der Waals surface area contributed by atoms with Crippen molar-refractivity contribution in [2.75, 3.05) is 24.7 Å². The lowest BCUT2D eigenvalue weighted by molar-refractivity contribution is -0.116. The van der Waals surface area contributed by atoms with Crippen molar-refractivity contribution in [1.29, 1.82) is 0 Å². The summed E-state index contributed by atoms with van der Waals surface area (Å²) in [5.74, 6) is 0.0373. The molecular weight excluding hydrogens is 356 g/mol. The van der Waals surface area contributed by atoms with Gasteiger partial charge in [0.05, 0.1) is 12.8 Å². The van der Waals surface area contributed by atoms with Crippen molar-refractivity contribution in [3.05, 3.63) is 28.7 Å². The zero-order valence-corrected chi connectivity index (χ0v) is 14.9. The second-order valence-corrected chi connectivity index (χ2v) is 8.23. The first-order valence-electron chi connectivity index (χ1n) is 6.69. The summed E-state index contributed by atoms with van der Waals surface area (Å²) in [6.45, 7) is 4.22. The zero-order chi connectivity index (χ0) is 16.0. The Morgan fingerprint density at radius 1 is 1.29 bits per heavy atom. The van der Waals surface area contributed by atoms with Gasteiger partial charge in [-0.05, 0) is 36.6 Å². The van der Waals surface area contributed by atoms with E-state index in [1.165, 1.54) is 4.31 Å². The maximum absolute atomic E-state index is 12.0. The van der Waals surface area contributed by atoms with Crippen LogP contribution in [-0.2, 0) is 14.8 Å². The highest BCUT2D eigenvalue weighted by molar-refractivity contribution is 9.10. The van der Waals surface area contributed by atoms with Crippen LogP contribution in [0.2, 0.25) is 0 Å². The summed E-state index contributed by atoms with van der Waals surface area (Å²) in [6, 6.07) is 7.12. The minimum absolute atomic E-state index is 0.165. The van der Waals surface area contributed by atoms with Crippen LogP contribution in [-0.4, -0.2) is 38.0 Å². The summed E-state index contributed by atoms with van der Waals surface area (Å²) in [5.41, 5.74) is 0.639. The predicted octanol–water partition coefficient (Wildman–Crippen LogP) is 2.70. The van der Waals surface area contributed by atoms with Crippen LogP contribution in [0.5, 0.6) is 0 Å². The van der Waals surface area contributed by atoms with E-state index < -0.39 is 10.0 Å². The topological polar surface area (TPSA) is 66.5 Å². The van der Waals surface area contributed by atoms with Crippen LogP contribution < -0.4 is 5.32 Å². The highest BCUT2D eigenvalue weighted by atomic mass is 79.9. The molecule has 0 unspecified atom stereocenters. The zero-order valence-electron chi connectivity index (χ0n) is 12.5. The van der Waals surface area contributed by atoms with Gasteiger partial charge in [-0.15, -0.1) is 0 Å². The molecule has 5 nitrogen and oxygen atoms in total. The van der Waals surface area contributed by atoms with Crippen LogP contribution in [0.1, 0.15) is 20.3 Å². The highest BCUT2D eigenvalue weighted by Gasteiger charge is 2.20. The molecule has 0 radical (unpaired) electrons. The normalized spacial score (nSPS) is 11.9. The fourth-order valence-corrected chi connectivity index (χ4v) is 2.71. The van der Waals surface area contributed by atoms with Crippen LogP contribution in [0, 0.1) is 5.92 Å². The summed E-state index contributed by atoms with van der Waals surface area (Å²) in [4.78, 5) is 12.0. The smallest absolute Gasteiger partial charge is 0.239 e. The number of carbonyl (C=O) groups is 1. The molecule has 0 bridgehead atoms. The Bertz CT molecular complexity index is 570. The molecule has 1 aromatic rings. The molecule has 118 valence electrons. The molecular formula is C14H21BrN2O3S. The molecule has 7 heteroatoms. The average molecular weight is 377 g/mol. The molecule has 0 aromatic heterocycles. The number of nitrogens with one attached hydrogen (secondary N) is 1. The Labute approximate surface area is 134 Å². The van der Waals surface area contributed by atoms with Gasteiger partial charge in [-0.3, -0.25) is 4.79 Å². The van der Waals surface area contributed by atoms with E-state index in [0.29, 0.717) is 18.2 Å². The number of anilines is 1. The van der Waals surface area contributed by atoms with Crippen molar-refractivity contribution in [3.63, 3.8) is 0 Å². The molecule has 0 aliphatic rings. The molecule has 0 spiro atoms. The minimum atomic E-state index is -3.39. The third kappa shape index (κ3) is 7.06. The van der Waals surface area contributed by atoms with E-state index in [-0.39, 0.29) is 12.5 Å². The van der Waals surface area contributed by atoms with Gasteiger partial charge in [0.2, 0.25) is 15.9 Å². The molecule has 0 atom stereocenters. The third-order valence-corrected chi connectivity index (χ3v) is 4.65. The minimum Gasteiger partial charge on any atom is -0.325 e. The van der Waals surface area contributed by atoms with Gasteiger partial charge in [-0.2, -0.15) is 4.31 Å². The number of nitrogens with zero attached hydrogens (tertiary/aromatic N) is 1. The van der Waals surface area contributed by atoms with Crippen molar-refractivity contribution < 1.29 is 13.2 Å². The van der Waals surface area contributed by atoms with E-state index in [2.05, 4.69) is 21.2 Å². The fraction of sp³-hybridized carbons (Fsp3) is 0.500. The monoisotopic (exact) mass is 376 g/mol. The van der Waals surface area contributed by atoms with Crippen molar-refractivity contribution >= 4 is 37.5 Å². The molecule has 0 aliphatic carbocycles. The number of rotatable bonds is 7. The molecule has 1 aromatic carbocycles. The summed E-state index contributed by atoms with van der Waals surface area (Å²) < 4.78 is 25.6. The second kappa shape index (κ2) is 7.91. The molecule has 1 N–H and O–H groups in total. The maximum atomic E-state index is 12.0. The molecule has 21 heavy (non-hydrogen) atoms. The van der Waals surface area contributed by atoms with Crippen LogP contribution in [0.4, 0.5) is 5.69 Å². The first-order chi connectivity index (χ1) is 9.68. The number of carbonyl (C=O) groups excluding carboxylic acids is 1. The van der Waals surface area contributed by atoms with Gasteiger partial charge in [-0.1, -0.05) is 29.8 Å². The average Bonchev–Trinajstić information content (AvgIpc) is 2.35. The van der Waals surface area contributed by atoms with Gasteiger partial charge < -0.3 is 5.32 Å². The van der Waals surface area contributed by atoms with Crippen LogP contribution in [0.3, 0.4) is 0 Å². The quantitative estimate of drug-likeness (QED) is 0.795. The Morgan fingerprint density at radius 2 is 1.86 bits per heavy atom. The Balaban J connectivity index is 2.65. The summed E-state index contributed by atoms with van der Waals surface area (Å²) in [7, 11) is -3.39. The van der Waals surface area contributed by atoms with Crippen molar-refractivity contribution in [2.24, 2.45) is 5.92 Å². The van der Waals surface area contributed by atoms with Gasteiger partial charge in [0.15, 0.2) is 0 Å². The van der Waals surface area contributed by atoms with Crippen LogP contribution >= 0.6 is 15.9 Å². The lowest BCUT2D eigenvalue weighted by atomic mass is 10.1. The lowest BCUT2D eigenvalue weighted by Gasteiger charge is -2.20. The van der Waals surface area contributed by atoms with E-state index in [0.717, 1.165) is 17.1 Å². The largest absolute Gasteiger partial charge is 0.325 e. The van der Waals surface area contributed by atoms with Crippen LogP contribution in [0.15, 0.2) is 28.7 Å². The third-order valence-electron chi connectivity index (χ3n) is 2.87. The molecule has 0 saturated carbocycles. The predicted molar refractivity (Wildman–Crippen MR) is 88.6 cm³/mol. The molecule has 0 saturated heterocycles. The highest BCUT2D eigenvalue weighted by Crippen LogP contribution is 2.14. The number of hydrogen-bond donors (Lipinski definition) is 1. The van der Waals surface area contributed by atoms with E-state index in [1.54, 1.807) is 12.1 Å². The SMILES string of the molecule is CC(C)CCN(CC(=O)Nc1ccc(Br)cc1)S(C)(=O)=O. The maximum Gasteiger partial charge on any atom is 0.239 e. The fourth-order valence-electron chi connectivity index (χ4n) is 1.66. The first kappa shape index (κ1) is 18.1. The number of benzene rings is 1. The molecule has 0 aliphatic heterocycles. The number of hydrogen-bond acceptors (Lipinski definition) is 3. The summed E-state index contributed by atoms with van der Waals surface area (Å²) in [6.07, 6.45) is 1.85. The molecule has 1 rings (SSSR count). The van der Waals surface area contributed by atoms with Gasteiger partial charge in [0.1, 0.15) is 0 Å². The Kier molecular flexibility index (Phi) is 6.83. The van der Waals surface area contributed by atoms with Gasteiger partial charge in [0, 0.05) is 16.7 Å². The number of halogens is 1. The number of amides is 1. The van der Waals surface area contributed by atoms with Gasteiger partial charge in [-0.25, -0.2) is 8.42 Å². The van der Waals surface area contributed by atoms with Gasteiger partial charge in [0.25, 0.3) is 0 Å². The van der Waals surface area contributed by atoms with Crippen LogP contribution in [0.25, 0.3) is 0 Å². The van der Waals surface area contributed by atoms with Gasteiger partial charge >= 0.3 is 0 Å². The summed E-state index contributed by atoms with van der Waals surface area (Å²) >= 11 is 3.31. The first-order valence-corrected chi connectivity index (χ1v) is 9.33. The Morgan fingerprint density at radius 3 is 2.33 bits per heavy atom. The van der Waals surface area contributed by atoms with E-state index in [4.69, 9.17) is 0 Å². The second-order valence-electron chi connectivity index (χ2n) is 5.33. The lowest BCUT2D eigenvalue weighted by Crippen LogP contribution is -2.38. The molecule has 1 amide bonds. The molecule has 0 heterocycles. The van der Waals surface area contributed by atoms with E-state index in [9.17, 15) is 13.2 Å². The van der Waals surface area contributed by atoms with Crippen molar-refractivity contribution in [1.82, 2.24) is 4.31 Å². The van der Waals surface area contributed by atoms with Crippen molar-refractivity contribution in [2.45, 2.75) is 20.3 Å². The van der Waals surface area contributed by atoms with E-state index >= 15 is 0 Å². The Hall–Kier alpha value is -0.920. The summed E-state index contributed by atoms with van der Waals surface area (Å²) in [5, 5.41) is 2.69.